The molecule has 0 radical (unpaired) electrons. The largest absolute Gasteiger partial charge is 1.00 e. The van der Waals surface area contributed by atoms with Gasteiger partial charge in [-0.25, -0.2) is 0 Å². The van der Waals surface area contributed by atoms with E-state index in [0.717, 1.165) is 6.42 Å². The summed E-state index contributed by atoms with van der Waals surface area (Å²) in [5, 5.41) is 0. The molecule has 1 heterocycles. The van der Waals surface area contributed by atoms with Crippen LogP contribution in [0, 0.1) is 5.92 Å². The van der Waals surface area contributed by atoms with Crippen LogP contribution in [-0.4, -0.2) is 3.71 Å². The number of hydrogen-bond donors (Lipinski definition) is 0. The number of rotatable bonds is 5. The Labute approximate surface area is 278 Å². The number of benzene rings is 3. The summed E-state index contributed by atoms with van der Waals surface area (Å²) in [4.78, 5) is 0. The summed E-state index contributed by atoms with van der Waals surface area (Å²) in [5.74, 6) is 0.436. The smallest absolute Gasteiger partial charge is 1.00 e. The summed E-state index contributed by atoms with van der Waals surface area (Å²) in [6, 6.07) is 27.9. The molecule has 0 amide bonds. The normalized spacial score (nSPS) is 16.1. The molecule has 1 unspecified atom stereocenters. The molecule has 2 aliphatic carbocycles. The molecule has 0 fully saturated rings. The van der Waals surface area contributed by atoms with E-state index in [4.69, 9.17) is 4.42 Å². The first-order valence-corrected chi connectivity index (χ1v) is 19.1. The number of fused-ring (bicyclic) bond motifs is 3. The van der Waals surface area contributed by atoms with Gasteiger partial charge in [0.1, 0.15) is 0 Å². The van der Waals surface area contributed by atoms with Crippen LogP contribution in [0.5, 0.6) is 0 Å². The summed E-state index contributed by atoms with van der Waals surface area (Å²) in [7, 11) is 0. The molecule has 1 atom stereocenters. The van der Waals surface area contributed by atoms with Crippen molar-refractivity contribution in [2.45, 2.75) is 69.3 Å². The maximum Gasteiger partial charge on any atom is -1.00 e. The van der Waals surface area contributed by atoms with Crippen molar-refractivity contribution in [1.82, 2.24) is 0 Å². The van der Waals surface area contributed by atoms with E-state index in [9.17, 15) is 0 Å². The van der Waals surface area contributed by atoms with Crippen molar-refractivity contribution in [2.24, 2.45) is 5.92 Å². The number of halogens is 2. The Hall–Kier alpha value is -2.25. The standard InChI is InChI=1S/C21H25.C10H9O.C8H8.2ClH.Zr/c1-20(2,3)16-7-9-18-14(12-16)11-15-13-17(21(4,5)6)8-10-19(15)18;1-8-2-3-9(6-8)10-4-5-11-7-10;1-2-8-6-4-3-5-7-8;;;/h7-13H,1-6H3;2-5,7-8H,1H3;1,3-7H,2H2;2*1H;/q;;;;;+2/p-2. The van der Waals surface area contributed by atoms with Crippen molar-refractivity contribution >= 4 is 9.28 Å². The maximum absolute atomic E-state index is 5.61. The molecular weight excluding hydrogens is 647 g/mol. The van der Waals surface area contributed by atoms with Crippen LogP contribution >= 0.6 is 0 Å². The van der Waals surface area contributed by atoms with Gasteiger partial charge in [-0.05, 0) is 0 Å². The van der Waals surface area contributed by atoms with Crippen molar-refractivity contribution in [2.75, 3.05) is 0 Å². The fourth-order valence-corrected chi connectivity index (χ4v) is 15.2. The monoisotopic (exact) mass is 686 g/mol. The average molecular weight is 689 g/mol. The molecule has 3 aromatic carbocycles. The quantitative estimate of drug-likeness (QED) is 0.306. The molecule has 4 heteroatoms. The van der Waals surface area contributed by atoms with Crippen LogP contribution in [0.15, 0.2) is 105 Å². The Morgan fingerprint density at radius 3 is 1.86 bits per heavy atom. The van der Waals surface area contributed by atoms with E-state index in [1.165, 1.54) is 39.0 Å². The Morgan fingerprint density at radius 2 is 1.35 bits per heavy atom. The first-order chi connectivity index (χ1) is 19.5. The van der Waals surface area contributed by atoms with Gasteiger partial charge in [-0.3, -0.25) is 0 Å². The van der Waals surface area contributed by atoms with Crippen molar-refractivity contribution in [3.05, 3.63) is 134 Å². The number of allylic oxidation sites excluding steroid dienone is 4. The molecule has 6 rings (SSSR count). The topological polar surface area (TPSA) is 13.1 Å². The minimum Gasteiger partial charge on any atom is -1.00 e. The summed E-state index contributed by atoms with van der Waals surface area (Å²) < 4.78 is 10.5. The summed E-state index contributed by atoms with van der Waals surface area (Å²) in [6.07, 6.45) is 9.56. The van der Waals surface area contributed by atoms with E-state index in [0.29, 0.717) is 9.54 Å². The van der Waals surface area contributed by atoms with Crippen molar-refractivity contribution in [1.29, 1.82) is 0 Å². The molecule has 0 aliphatic heterocycles. The van der Waals surface area contributed by atoms with Crippen molar-refractivity contribution in [3.8, 4) is 11.1 Å². The zero-order valence-corrected chi connectivity index (χ0v) is 30.3. The average Bonchev–Trinajstić information content (AvgIpc) is 3.67. The van der Waals surface area contributed by atoms with E-state index in [1.54, 1.807) is 14.4 Å². The zero-order valence-electron chi connectivity index (χ0n) is 26.3. The maximum atomic E-state index is 5.61. The van der Waals surface area contributed by atoms with Gasteiger partial charge in [0.2, 0.25) is 0 Å². The van der Waals surface area contributed by atoms with Gasteiger partial charge in [0.05, 0.1) is 0 Å². The Kier molecular flexibility index (Phi) is 10.2. The fourth-order valence-electron chi connectivity index (χ4n) is 6.51. The molecule has 0 spiro atoms. The van der Waals surface area contributed by atoms with E-state index in [2.05, 4.69) is 137 Å². The van der Waals surface area contributed by atoms with Gasteiger partial charge in [0, 0.05) is 0 Å². The second kappa shape index (κ2) is 13.0. The van der Waals surface area contributed by atoms with E-state index in [1.807, 2.05) is 12.5 Å². The molecule has 0 saturated carbocycles. The van der Waals surface area contributed by atoms with Crippen LogP contribution in [0.1, 0.15) is 85.5 Å². The molecule has 1 aromatic heterocycles. The van der Waals surface area contributed by atoms with Crippen LogP contribution in [0.2, 0.25) is 0 Å². The molecule has 1 nitrogen and oxygen atoms in total. The third-order valence-electron chi connectivity index (χ3n) is 8.90. The SMILES string of the molecule is CC1C=CC(c2ccoc2)=[C]1/[Zr+2](=[CH]/Cc1ccccc1)[CH]1c2cc(C(C)(C)C)ccc2-c2ccc(C(C)(C)C)cc21.[Cl-].[Cl-]. The second-order valence-electron chi connectivity index (χ2n) is 13.9. The van der Waals surface area contributed by atoms with E-state index in [-0.39, 0.29) is 35.6 Å². The first-order valence-electron chi connectivity index (χ1n) is 15.0. The summed E-state index contributed by atoms with van der Waals surface area (Å²) in [6.45, 7) is 16.4. The molecular formula is C39H42Cl2OZr. The van der Waals surface area contributed by atoms with Gasteiger partial charge in [0.25, 0.3) is 0 Å². The molecule has 2 aliphatic rings. The van der Waals surface area contributed by atoms with E-state index < -0.39 is 21.3 Å². The van der Waals surface area contributed by atoms with Gasteiger partial charge in [-0.2, -0.15) is 0 Å². The molecule has 0 N–H and O–H groups in total. The minimum atomic E-state index is -2.56. The Morgan fingerprint density at radius 1 is 0.767 bits per heavy atom. The third-order valence-corrected chi connectivity index (χ3v) is 16.9. The van der Waals surface area contributed by atoms with Gasteiger partial charge in [0.15, 0.2) is 0 Å². The van der Waals surface area contributed by atoms with Crippen molar-refractivity contribution in [3.63, 3.8) is 0 Å². The number of furan rings is 1. The molecule has 43 heavy (non-hydrogen) atoms. The Bertz CT molecular complexity index is 1620. The molecule has 0 saturated heterocycles. The van der Waals surface area contributed by atoms with Crippen LogP contribution in [0.3, 0.4) is 0 Å². The zero-order chi connectivity index (χ0) is 28.9. The predicted octanol–water partition coefficient (Wildman–Crippen LogP) is 4.23. The number of hydrogen-bond acceptors (Lipinski definition) is 1. The van der Waals surface area contributed by atoms with Crippen molar-refractivity contribution < 1.29 is 50.5 Å². The second-order valence-corrected chi connectivity index (χ2v) is 19.9. The molecule has 4 aromatic rings. The van der Waals surface area contributed by atoms with Crippen LogP contribution < -0.4 is 24.8 Å². The minimum absolute atomic E-state index is 0. The Balaban J connectivity index is 0.00000212. The van der Waals surface area contributed by atoms with Crippen LogP contribution in [0.4, 0.5) is 0 Å². The van der Waals surface area contributed by atoms with Gasteiger partial charge < -0.3 is 24.8 Å². The van der Waals surface area contributed by atoms with Crippen LogP contribution in [-0.2, 0) is 38.5 Å². The third kappa shape index (κ3) is 6.59. The van der Waals surface area contributed by atoms with E-state index >= 15 is 0 Å². The fraction of sp³-hybridized carbons (Fsp3) is 0.308. The van der Waals surface area contributed by atoms with Gasteiger partial charge in [-0.1, -0.05) is 0 Å². The molecule has 222 valence electrons. The summed E-state index contributed by atoms with van der Waals surface area (Å²) >= 11 is -2.56. The molecule has 0 bridgehead atoms. The van der Waals surface area contributed by atoms with Gasteiger partial charge >= 0.3 is 255 Å². The predicted molar refractivity (Wildman–Crippen MR) is 171 cm³/mol. The van der Waals surface area contributed by atoms with Gasteiger partial charge in [-0.15, -0.1) is 0 Å². The van der Waals surface area contributed by atoms with Crippen LogP contribution in [0.25, 0.3) is 16.7 Å². The summed E-state index contributed by atoms with van der Waals surface area (Å²) in [5.41, 5.74) is 13.1. The first kappa shape index (κ1) is 33.6.